The number of unbranched alkanes of at least 4 members (excludes halogenated alkanes) is 2. The maximum absolute atomic E-state index is 6.36. The largest absolute Gasteiger partial charge is 0.455 e. The zero-order valence-corrected chi connectivity index (χ0v) is 19.7. The van der Waals surface area contributed by atoms with Crippen molar-refractivity contribution in [3.63, 3.8) is 0 Å². The van der Waals surface area contributed by atoms with E-state index in [9.17, 15) is 0 Å². The molecule has 0 unspecified atom stereocenters. The van der Waals surface area contributed by atoms with Crippen molar-refractivity contribution in [2.75, 3.05) is 11.1 Å². The molecule has 0 aliphatic carbocycles. The summed E-state index contributed by atoms with van der Waals surface area (Å²) in [4.78, 5) is 4.69. The number of ether oxygens (including phenoxy) is 1. The van der Waals surface area contributed by atoms with Gasteiger partial charge in [-0.3, -0.25) is 0 Å². The van der Waals surface area contributed by atoms with E-state index in [0.717, 1.165) is 29.0 Å². The molecule has 33 heavy (non-hydrogen) atoms. The fourth-order valence-corrected chi connectivity index (χ4v) is 4.66. The van der Waals surface area contributed by atoms with Gasteiger partial charge >= 0.3 is 0 Å². The van der Waals surface area contributed by atoms with E-state index in [2.05, 4.69) is 27.4 Å². The maximum Gasteiger partial charge on any atom is 0.247 e. The zero-order valence-electron chi connectivity index (χ0n) is 18.1. The van der Waals surface area contributed by atoms with Gasteiger partial charge in [0.2, 0.25) is 17.3 Å². The monoisotopic (exact) mass is 478 g/mol. The third kappa shape index (κ3) is 4.70. The molecule has 1 aliphatic heterocycles. The normalized spacial score (nSPS) is 14.5. The van der Waals surface area contributed by atoms with Gasteiger partial charge in [-0.25, -0.2) is 0 Å². The number of thioether (sulfide) groups is 1. The topological polar surface area (TPSA) is 73.1 Å². The molecular weight excluding hydrogens is 456 g/mol. The van der Waals surface area contributed by atoms with E-state index in [0.29, 0.717) is 33.3 Å². The third-order valence-corrected chi connectivity index (χ3v) is 6.59. The van der Waals surface area contributed by atoms with Crippen LogP contribution in [0, 0.1) is 0 Å². The van der Waals surface area contributed by atoms with Gasteiger partial charge in [0.25, 0.3) is 0 Å². The molecule has 0 saturated heterocycles. The molecule has 5 rings (SSSR count). The maximum atomic E-state index is 6.36. The fourth-order valence-electron chi connectivity index (χ4n) is 3.65. The number of halogens is 1. The van der Waals surface area contributed by atoms with Gasteiger partial charge in [-0.2, -0.15) is 4.98 Å². The van der Waals surface area contributed by atoms with E-state index in [1.807, 2.05) is 60.7 Å². The second-order valence-electron chi connectivity index (χ2n) is 7.67. The second-order valence-corrected chi connectivity index (χ2v) is 9.14. The Bertz CT molecular complexity index is 1260. The first kappa shape index (κ1) is 21.8. The number of hydrogen-bond acceptors (Lipinski definition) is 7. The molecule has 0 fully saturated rings. The van der Waals surface area contributed by atoms with E-state index in [-0.39, 0.29) is 0 Å². The van der Waals surface area contributed by atoms with Crippen LogP contribution < -0.4 is 10.1 Å². The lowest BCUT2D eigenvalue weighted by atomic mass is 10.1. The highest BCUT2D eigenvalue weighted by Gasteiger charge is 2.28. The van der Waals surface area contributed by atoms with Crippen LogP contribution in [0.3, 0.4) is 0 Å². The van der Waals surface area contributed by atoms with Crippen LogP contribution in [-0.4, -0.2) is 20.9 Å². The summed E-state index contributed by atoms with van der Waals surface area (Å²) in [5.41, 5.74) is 3.19. The summed E-state index contributed by atoms with van der Waals surface area (Å²) < 4.78 is 12.5. The predicted octanol–water partition coefficient (Wildman–Crippen LogP) is 7.24. The van der Waals surface area contributed by atoms with Crippen LogP contribution in [0.25, 0.3) is 22.6 Å². The smallest absolute Gasteiger partial charge is 0.247 e. The average Bonchev–Trinajstić information content (AvgIpc) is 3.26. The summed E-state index contributed by atoms with van der Waals surface area (Å²) in [6.07, 6.45) is 2.90. The Labute approximate surface area is 201 Å². The molecule has 0 radical (unpaired) electrons. The van der Waals surface area contributed by atoms with Crippen molar-refractivity contribution in [2.45, 2.75) is 37.6 Å². The molecule has 2 aromatic heterocycles. The van der Waals surface area contributed by atoms with Crippen LogP contribution in [0.1, 0.15) is 38.2 Å². The van der Waals surface area contributed by atoms with Gasteiger partial charge in [0.05, 0.1) is 5.02 Å². The minimum Gasteiger partial charge on any atom is -0.455 e. The van der Waals surface area contributed by atoms with Crippen molar-refractivity contribution in [1.82, 2.24) is 15.2 Å². The Balaban J connectivity index is 1.48. The van der Waals surface area contributed by atoms with E-state index < -0.39 is 6.23 Å². The highest BCUT2D eigenvalue weighted by molar-refractivity contribution is 7.99. The minimum absolute atomic E-state index is 0.432. The summed E-state index contributed by atoms with van der Waals surface area (Å²) in [5.74, 6) is 2.67. The quantitative estimate of drug-likeness (QED) is 0.221. The zero-order chi connectivity index (χ0) is 22.6. The number of benzene rings is 2. The van der Waals surface area contributed by atoms with E-state index in [1.54, 1.807) is 11.8 Å². The summed E-state index contributed by atoms with van der Waals surface area (Å²) in [6.45, 7) is 2.19. The number of hydrogen-bond donors (Lipinski definition) is 1. The first-order chi connectivity index (χ1) is 16.2. The predicted molar refractivity (Wildman–Crippen MR) is 132 cm³/mol. The summed E-state index contributed by atoms with van der Waals surface area (Å²) in [6, 6.07) is 19.3. The van der Waals surface area contributed by atoms with Crippen molar-refractivity contribution in [1.29, 1.82) is 0 Å². The van der Waals surface area contributed by atoms with Crippen LogP contribution in [-0.2, 0) is 0 Å². The molecule has 0 bridgehead atoms. The van der Waals surface area contributed by atoms with Crippen LogP contribution in [0.4, 0.5) is 5.69 Å². The minimum atomic E-state index is -0.585. The highest BCUT2D eigenvalue weighted by atomic mass is 35.5. The standard InChI is InChI=1S/C25H23ClN4O2S/c1-2-3-8-15-33-25-28-24-22(29-30-25)17-10-5-7-12-19(17)27-23(32-24)21-14-13-20(31-21)16-9-4-6-11-18(16)26/h4-7,9-14,23,27H,2-3,8,15H2,1H3/t23-/m1/s1. The van der Waals surface area contributed by atoms with E-state index >= 15 is 0 Å². The number of anilines is 1. The first-order valence-corrected chi connectivity index (χ1v) is 12.3. The van der Waals surface area contributed by atoms with Crippen molar-refractivity contribution < 1.29 is 9.15 Å². The van der Waals surface area contributed by atoms with Crippen LogP contribution in [0.5, 0.6) is 5.88 Å². The molecule has 6 nitrogen and oxygen atoms in total. The summed E-state index contributed by atoms with van der Waals surface area (Å²) in [5, 5.41) is 13.5. The summed E-state index contributed by atoms with van der Waals surface area (Å²) in [7, 11) is 0. The van der Waals surface area contributed by atoms with Gasteiger partial charge in [0, 0.05) is 22.6 Å². The molecule has 8 heteroatoms. The Morgan fingerprint density at radius 2 is 1.79 bits per heavy atom. The Morgan fingerprint density at radius 1 is 0.970 bits per heavy atom. The SMILES string of the molecule is CCCCCSc1nnc2c(n1)O[C@H](c1ccc(-c3ccccc3Cl)o1)Nc1ccccc1-2. The van der Waals surface area contributed by atoms with Gasteiger partial charge < -0.3 is 14.5 Å². The number of furan rings is 1. The van der Waals surface area contributed by atoms with Crippen LogP contribution in [0.2, 0.25) is 5.02 Å². The molecule has 0 amide bonds. The van der Waals surface area contributed by atoms with Gasteiger partial charge in [-0.15, -0.1) is 10.2 Å². The first-order valence-electron chi connectivity index (χ1n) is 11.0. The van der Waals surface area contributed by atoms with E-state index in [4.69, 9.17) is 20.8 Å². The molecule has 3 heterocycles. The molecule has 168 valence electrons. The third-order valence-electron chi connectivity index (χ3n) is 5.34. The number of rotatable bonds is 7. The van der Waals surface area contributed by atoms with E-state index in [1.165, 1.54) is 12.8 Å². The molecular formula is C25H23ClN4O2S. The highest BCUT2D eigenvalue weighted by Crippen LogP contribution is 2.40. The number of nitrogens with one attached hydrogen (secondary N) is 1. The number of aromatic nitrogens is 3. The Hall–Kier alpha value is -3.03. The molecule has 1 N–H and O–H groups in total. The fraction of sp³-hybridized carbons (Fsp3) is 0.240. The van der Waals surface area contributed by atoms with Crippen molar-refractivity contribution in [3.05, 3.63) is 71.4 Å². The molecule has 4 aromatic rings. The van der Waals surface area contributed by atoms with Crippen molar-refractivity contribution in [3.8, 4) is 28.5 Å². The lowest BCUT2D eigenvalue weighted by molar-refractivity contribution is 0.196. The van der Waals surface area contributed by atoms with Crippen LogP contribution in [0.15, 0.2) is 70.2 Å². The molecule has 0 spiro atoms. The average molecular weight is 479 g/mol. The molecule has 0 saturated carbocycles. The number of fused-ring (bicyclic) bond motifs is 3. The number of nitrogens with zero attached hydrogens (tertiary/aromatic N) is 3. The van der Waals surface area contributed by atoms with Gasteiger partial charge in [0.15, 0.2) is 11.5 Å². The Kier molecular flexibility index (Phi) is 6.51. The molecule has 1 aliphatic rings. The molecule has 1 atom stereocenters. The second kappa shape index (κ2) is 9.85. The lowest BCUT2D eigenvalue weighted by Gasteiger charge is -2.16. The summed E-state index contributed by atoms with van der Waals surface area (Å²) >= 11 is 7.96. The van der Waals surface area contributed by atoms with Gasteiger partial charge in [0.1, 0.15) is 5.76 Å². The number of para-hydroxylation sites is 1. The Morgan fingerprint density at radius 3 is 2.64 bits per heavy atom. The van der Waals surface area contributed by atoms with Crippen LogP contribution >= 0.6 is 23.4 Å². The van der Waals surface area contributed by atoms with Gasteiger partial charge in [-0.05, 0) is 36.8 Å². The van der Waals surface area contributed by atoms with Gasteiger partial charge in [-0.1, -0.05) is 73.5 Å². The van der Waals surface area contributed by atoms with Crippen molar-refractivity contribution >= 4 is 29.1 Å². The molecule has 2 aromatic carbocycles. The lowest BCUT2D eigenvalue weighted by Crippen LogP contribution is -2.16. The van der Waals surface area contributed by atoms with Crippen molar-refractivity contribution in [2.24, 2.45) is 0 Å².